The molecule has 1 saturated carbocycles. The Kier molecular flexibility index (Phi) is 2.39. The third kappa shape index (κ3) is 1.31. The molecule has 1 aliphatic heterocycles. The lowest BCUT2D eigenvalue weighted by Gasteiger charge is -2.26. The second kappa shape index (κ2) is 3.20. The van der Waals surface area contributed by atoms with Gasteiger partial charge in [0.2, 0.25) is 10.0 Å². The van der Waals surface area contributed by atoms with Crippen molar-refractivity contribution in [2.75, 3.05) is 13.1 Å². The first kappa shape index (κ1) is 10.4. The van der Waals surface area contributed by atoms with E-state index in [1.54, 1.807) is 4.31 Å². The zero-order chi connectivity index (χ0) is 10.4. The molecule has 1 aliphatic carbocycles. The Hall–Kier alpha value is -0.0900. The number of hydrogen-bond acceptors (Lipinski definition) is 2. The van der Waals surface area contributed by atoms with Gasteiger partial charge in [-0.3, -0.25) is 0 Å². The Balaban J connectivity index is 2.23. The van der Waals surface area contributed by atoms with E-state index < -0.39 is 14.8 Å². The summed E-state index contributed by atoms with van der Waals surface area (Å²) in [5, 5.41) is 0. The number of nitrogens with zero attached hydrogens (tertiary/aromatic N) is 1. The minimum Gasteiger partial charge on any atom is -0.212 e. The Morgan fingerprint density at radius 2 is 1.64 bits per heavy atom. The van der Waals surface area contributed by atoms with Gasteiger partial charge < -0.3 is 0 Å². The van der Waals surface area contributed by atoms with Crippen molar-refractivity contribution < 1.29 is 8.42 Å². The van der Waals surface area contributed by atoms with Crippen molar-refractivity contribution in [3.8, 4) is 0 Å². The smallest absolute Gasteiger partial charge is 0.212 e. The third-order valence-corrected chi connectivity index (χ3v) is 6.67. The van der Waals surface area contributed by atoms with Gasteiger partial charge in [0.1, 0.15) is 0 Å². The topological polar surface area (TPSA) is 37.4 Å². The minimum atomic E-state index is -2.99. The molecule has 4 heteroatoms. The van der Waals surface area contributed by atoms with Crippen LogP contribution in [0.3, 0.4) is 0 Å². The van der Waals surface area contributed by atoms with Crippen LogP contribution in [-0.2, 0) is 10.0 Å². The van der Waals surface area contributed by atoms with Crippen LogP contribution in [0.1, 0.15) is 39.5 Å². The van der Waals surface area contributed by atoms with Gasteiger partial charge in [0.15, 0.2) is 0 Å². The van der Waals surface area contributed by atoms with Crippen LogP contribution in [0, 0.1) is 5.92 Å². The average molecular weight is 217 g/mol. The molecule has 0 aromatic heterocycles. The molecule has 14 heavy (non-hydrogen) atoms. The highest BCUT2D eigenvalue weighted by molar-refractivity contribution is 7.90. The summed E-state index contributed by atoms with van der Waals surface area (Å²) in [6.07, 6.45) is 3.80. The van der Waals surface area contributed by atoms with Crippen molar-refractivity contribution in [1.29, 1.82) is 0 Å². The molecule has 0 spiro atoms. The molecule has 3 nitrogen and oxygen atoms in total. The highest BCUT2D eigenvalue weighted by atomic mass is 32.2. The first-order valence-corrected chi connectivity index (χ1v) is 6.94. The highest BCUT2D eigenvalue weighted by Crippen LogP contribution is 2.51. The van der Waals surface area contributed by atoms with Gasteiger partial charge in [0.25, 0.3) is 0 Å². The van der Waals surface area contributed by atoms with Crippen molar-refractivity contribution in [2.45, 2.75) is 44.3 Å². The van der Waals surface area contributed by atoms with Gasteiger partial charge in [-0.1, -0.05) is 13.8 Å². The zero-order valence-electron chi connectivity index (χ0n) is 8.99. The lowest BCUT2D eigenvalue weighted by molar-refractivity contribution is 0.437. The van der Waals surface area contributed by atoms with Crippen LogP contribution in [0.4, 0.5) is 0 Å². The summed E-state index contributed by atoms with van der Waals surface area (Å²) in [4.78, 5) is 0. The summed E-state index contributed by atoms with van der Waals surface area (Å²) in [6.45, 7) is 5.55. The molecule has 0 amide bonds. The fourth-order valence-electron chi connectivity index (χ4n) is 2.44. The molecular weight excluding hydrogens is 198 g/mol. The van der Waals surface area contributed by atoms with Gasteiger partial charge in [-0.05, 0) is 31.6 Å². The van der Waals surface area contributed by atoms with Crippen LogP contribution in [0.15, 0.2) is 0 Å². The molecule has 2 aliphatic rings. The SMILES string of the molecule is CC(C)C1(S(=O)(=O)N2CCCC2)CC1. The maximum absolute atomic E-state index is 12.3. The molecule has 0 N–H and O–H groups in total. The van der Waals surface area contributed by atoms with Gasteiger partial charge in [-0.15, -0.1) is 0 Å². The van der Waals surface area contributed by atoms with E-state index in [0.717, 1.165) is 38.8 Å². The van der Waals surface area contributed by atoms with Gasteiger partial charge in [0, 0.05) is 13.1 Å². The van der Waals surface area contributed by atoms with E-state index in [9.17, 15) is 8.42 Å². The van der Waals surface area contributed by atoms with Crippen molar-refractivity contribution >= 4 is 10.0 Å². The molecule has 0 unspecified atom stereocenters. The second-order valence-electron chi connectivity index (χ2n) is 4.83. The summed E-state index contributed by atoms with van der Waals surface area (Å²) >= 11 is 0. The largest absolute Gasteiger partial charge is 0.220 e. The van der Waals surface area contributed by atoms with Gasteiger partial charge in [0.05, 0.1) is 4.75 Å². The van der Waals surface area contributed by atoms with Crippen LogP contribution in [-0.4, -0.2) is 30.6 Å². The molecule has 0 atom stereocenters. The summed E-state index contributed by atoms with van der Waals surface area (Å²) in [5.74, 6) is 0.257. The van der Waals surface area contributed by atoms with Crippen LogP contribution in [0.5, 0.6) is 0 Å². The number of hydrogen-bond donors (Lipinski definition) is 0. The van der Waals surface area contributed by atoms with E-state index in [4.69, 9.17) is 0 Å². The molecule has 0 aromatic carbocycles. The van der Waals surface area contributed by atoms with Crippen molar-refractivity contribution in [2.24, 2.45) is 5.92 Å². The van der Waals surface area contributed by atoms with Gasteiger partial charge in [-0.25, -0.2) is 12.7 Å². The quantitative estimate of drug-likeness (QED) is 0.720. The molecule has 82 valence electrons. The molecule has 1 heterocycles. The maximum Gasteiger partial charge on any atom is 0.220 e. The first-order valence-electron chi connectivity index (χ1n) is 5.50. The molecule has 0 bridgehead atoms. The second-order valence-corrected chi connectivity index (χ2v) is 7.11. The van der Waals surface area contributed by atoms with Crippen LogP contribution in [0.2, 0.25) is 0 Å². The number of sulfonamides is 1. The predicted molar refractivity (Wildman–Crippen MR) is 56.5 cm³/mol. The van der Waals surface area contributed by atoms with Crippen LogP contribution >= 0.6 is 0 Å². The summed E-state index contributed by atoms with van der Waals surface area (Å²) < 4.78 is 25.9. The summed E-state index contributed by atoms with van der Waals surface area (Å²) in [7, 11) is -2.99. The molecule has 2 fully saturated rings. The first-order chi connectivity index (χ1) is 6.51. The zero-order valence-corrected chi connectivity index (χ0v) is 9.81. The molecule has 1 saturated heterocycles. The molecular formula is C10H19NO2S. The lowest BCUT2D eigenvalue weighted by Crippen LogP contribution is -2.41. The maximum atomic E-state index is 12.3. The molecule has 2 rings (SSSR count). The molecule has 0 radical (unpaired) electrons. The Morgan fingerprint density at radius 3 is 2.00 bits per heavy atom. The van der Waals surface area contributed by atoms with E-state index >= 15 is 0 Å². The normalized spacial score (nSPS) is 27.1. The fourth-order valence-corrected chi connectivity index (χ4v) is 4.91. The van der Waals surface area contributed by atoms with Crippen molar-refractivity contribution in [3.05, 3.63) is 0 Å². The van der Waals surface area contributed by atoms with E-state index in [1.165, 1.54) is 0 Å². The van der Waals surface area contributed by atoms with Gasteiger partial charge >= 0.3 is 0 Å². The molecule has 0 aromatic rings. The monoisotopic (exact) mass is 217 g/mol. The minimum absolute atomic E-state index is 0.257. The predicted octanol–water partition coefficient (Wildman–Crippen LogP) is 1.60. The van der Waals surface area contributed by atoms with E-state index in [-0.39, 0.29) is 5.92 Å². The highest BCUT2D eigenvalue weighted by Gasteiger charge is 2.58. The average Bonchev–Trinajstić information content (AvgIpc) is 2.75. The van der Waals surface area contributed by atoms with E-state index in [2.05, 4.69) is 0 Å². The lowest BCUT2D eigenvalue weighted by atomic mass is 10.1. The van der Waals surface area contributed by atoms with Crippen molar-refractivity contribution in [3.63, 3.8) is 0 Å². The summed E-state index contributed by atoms with van der Waals surface area (Å²) in [5.41, 5.74) is 0. The Bertz CT molecular complexity index is 311. The summed E-state index contributed by atoms with van der Waals surface area (Å²) in [6, 6.07) is 0. The van der Waals surface area contributed by atoms with E-state index in [1.807, 2.05) is 13.8 Å². The van der Waals surface area contributed by atoms with Crippen LogP contribution < -0.4 is 0 Å². The van der Waals surface area contributed by atoms with E-state index in [0.29, 0.717) is 0 Å². The van der Waals surface area contributed by atoms with Crippen molar-refractivity contribution in [1.82, 2.24) is 4.31 Å². The van der Waals surface area contributed by atoms with Crippen LogP contribution in [0.25, 0.3) is 0 Å². The van der Waals surface area contributed by atoms with Gasteiger partial charge in [-0.2, -0.15) is 0 Å². The Labute approximate surface area is 86.5 Å². The fraction of sp³-hybridized carbons (Fsp3) is 1.00. The standard InChI is InChI=1S/C10H19NO2S/c1-9(2)10(5-6-10)14(12,13)11-7-3-4-8-11/h9H,3-8H2,1-2H3. The third-order valence-electron chi connectivity index (χ3n) is 3.71. The number of rotatable bonds is 3. The Morgan fingerprint density at radius 1 is 1.14 bits per heavy atom.